The Bertz CT molecular complexity index is 647. The number of alkyl halides is 3. The summed E-state index contributed by atoms with van der Waals surface area (Å²) in [4.78, 5) is 0. The molecule has 0 aromatic heterocycles. The van der Waals surface area contributed by atoms with E-state index in [9.17, 15) is 17.6 Å². The summed E-state index contributed by atoms with van der Waals surface area (Å²) in [5.74, 6) is -0.886. The van der Waals surface area contributed by atoms with E-state index in [0.29, 0.717) is 6.07 Å². The van der Waals surface area contributed by atoms with Crippen LogP contribution in [0.2, 0.25) is 0 Å². The zero-order valence-electron chi connectivity index (χ0n) is 11.7. The van der Waals surface area contributed by atoms with Crippen molar-refractivity contribution in [1.29, 1.82) is 0 Å². The lowest BCUT2D eigenvalue weighted by Crippen LogP contribution is -2.08. The van der Waals surface area contributed by atoms with Gasteiger partial charge in [-0.1, -0.05) is 12.1 Å². The number of hydrogen-bond donors (Lipinski definition) is 1. The van der Waals surface area contributed by atoms with E-state index < -0.39 is 17.6 Å². The molecule has 5 heteroatoms. The number of aryl methyl sites for hydroxylation is 1. The van der Waals surface area contributed by atoms with Gasteiger partial charge < -0.3 is 5.32 Å². The van der Waals surface area contributed by atoms with Crippen LogP contribution in [0.4, 0.5) is 23.2 Å². The largest absolute Gasteiger partial charge is 0.416 e. The number of rotatable bonds is 3. The van der Waals surface area contributed by atoms with Crippen molar-refractivity contribution >= 4 is 5.69 Å². The van der Waals surface area contributed by atoms with Crippen molar-refractivity contribution < 1.29 is 17.6 Å². The van der Waals surface area contributed by atoms with Crippen LogP contribution in [0.25, 0.3) is 0 Å². The molecule has 0 atom stereocenters. The SMILES string of the molecule is Cc1cccc(NCc2cc(F)cc(C(F)(F)F)c2)c1C. The van der Waals surface area contributed by atoms with Gasteiger partial charge in [-0.3, -0.25) is 0 Å². The molecule has 0 spiro atoms. The fourth-order valence-electron chi connectivity index (χ4n) is 2.06. The first-order chi connectivity index (χ1) is 9.77. The lowest BCUT2D eigenvalue weighted by atomic mass is 10.1. The number of anilines is 1. The Morgan fingerprint density at radius 3 is 2.43 bits per heavy atom. The van der Waals surface area contributed by atoms with Crippen molar-refractivity contribution in [3.05, 3.63) is 64.5 Å². The molecule has 0 aliphatic heterocycles. The number of halogens is 4. The van der Waals surface area contributed by atoms with Crippen LogP contribution in [-0.4, -0.2) is 0 Å². The molecule has 0 aliphatic rings. The molecule has 1 nitrogen and oxygen atoms in total. The Hall–Kier alpha value is -2.04. The molecule has 0 saturated heterocycles. The van der Waals surface area contributed by atoms with Crippen LogP contribution in [0.1, 0.15) is 22.3 Å². The molecular weight excluding hydrogens is 282 g/mol. The number of benzene rings is 2. The van der Waals surface area contributed by atoms with Gasteiger partial charge in [-0.05, 0) is 54.8 Å². The van der Waals surface area contributed by atoms with Crippen LogP contribution in [0.3, 0.4) is 0 Å². The lowest BCUT2D eigenvalue weighted by Gasteiger charge is -2.13. The van der Waals surface area contributed by atoms with E-state index in [4.69, 9.17) is 0 Å². The molecule has 2 aromatic rings. The van der Waals surface area contributed by atoms with Gasteiger partial charge in [0.2, 0.25) is 0 Å². The van der Waals surface area contributed by atoms with E-state index in [1.807, 2.05) is 32.0 Å². The van der Waals surface area contributed by atoms with E-state index in [1.54, 1.807) is 0 Å². The van der Waals surface area contributed by atoms with Crippen LogP contribution in [0.15, 0.2) is 36.4 Å². The van der Waals surface area contributed by atoms with Gasteiger partial charge in [-0.2, -0.15) is 13.2 Å². The fraction of sp³-hybridized carbons (Fsp3) is 0.250. The van der Waals surface area contributed by atoms with Crippen molar-refractivity contribution in [3.8, 4) is 0 Å². The first-order valence-electron chi connectivity index (χ1n) is 6.44. The van der Waals surface area contributed by atoms with Crippen LogP contribution in [-0.2, 0) is 12.7 Å². The van der Waals surface area contributed by atoms with Gasteiger partial charge in [-0.15, -0.1) is 0 Å². The normalized spacial score (nSPS) is 11.5. The lowest BCUT2D eigenvalue weighted by molar-refractivity contribution is -0.137. The summed E-state index contributed by atoms with van der Waals surface area (Å²) in [6.07, 6.45) is -4.55. The van der Waals surface area contributed by atoms with Crippen molar-refractivity contribution in [2.24, 2.45) is 0 Å². The summed E-state index contributed by atoms with van der Waals surface area (Å²) < 4.78 is 51.2. The van der Waals surface area contributed by atoms with Crippen LogP contribution in [0.5, 0.6) is 0 Å². The van der Waals surface area contributed by atoms with E-state index >= 15 is 0 Å². The van der Waals surface area contributed by atoms with Gasteiger partial charge in [0, 0.05) is 12.2 Å². The maximum atomic E-state index is 13.3. The van der Waals surface area contributed by atoms with E-state index in [1.165, 1.54) is 0 Å². The maximum Gasteiger partial charge on any atom is 0.416 e. The maximum absolute atomic E-state index is 13.3. The van der Waals surface area contributed by atoms with Crippen LogP contribution < -0.4 is 5.32 Å². The Morgan fingerprint density at radius 1 is 1.05 bits per heavy atom. The molecule has 0 radical (unpaired) electrons. The third kappa shape index (κ3) is 3.74. The molecule has 0 amide bonds. The van der Waals surface area contributed by atoms with Gasteiger partial charge in [-0.25, -0.2) is 4.39 Å². The molecule has 0 saturated carbocycles. The summed E-state index contributed by atoms with van der Waals surface area (Å²) in [6.45, 7) is 4.00. The number of hydrogen-bond acceptors (Lipinski definition) is 1. The molecule has 112 valence electrons. The minimum absolute atomic E-state index is 0.130. The van der Waals surface area contributed by atoms with E-state index in [0.717, 1.165) is 28.9 Å². The molecule has 21 heavy (non-hydrogen) atoms. The number of nitrogens with one attached hydrogen (secondary N) is 1. The Kier molecular flexibility index (Phi) is 4.21. The Labute approximate surface area is 120 Å². The van der Waals surface area contributed by atoms with Crippen LogP contribution in [0, 0.1) is 19.7 Å². The first kappa shape index (κ1) is 15.4. The zero-order chi connectivity index (χ0) is 15.6. The average Bonchev–Trinajstić information content (AvgIpc) is 2.39. The van der Waals surface area contributed by atoms with Gasteiger partial charge in [0.05, 0.1) is 5.56 Å². The highest BCUT2D eigenvalue weighted by atomic mass is 19.4. The monoisotopic (exact) mass is 297 g/mol. The van der Waals surface area contributed by atoms with E-state index in [2.05, 4.69) is 5.32 Å². The van der Waals surface area contributed by atoms with Gasteiger partial charge in [0.25, 0.3) is 0 Å². The minimum atomic E-state index is -4.55. The predicted molar refractivity (Wildman–Crippen MR) is 74.6 cm³/mol. The van der Waals surface area contributed by atoms with Gasteiger partial charge in [0.1, 0.15) is 5.82 Å². The summed E-state index contributed by atoms with van der Waals surface area (Å²) in [7, 11) is 0. The Morgan fingerprint density at radius 2 is 1.76 bits per heavy atom. The smallest absolute Gasteiger partial charge is 0.381 e. The first-order valence-corrected chi connectivity index (χ1v) is 6.44. The summed E-state index contributed by atoms with van der Waals surface area (Å²) >= 11 is 0. The molecule has 2 rings (SSSR count). The third-order valence-electron chi connectivity index (χ3n) is 3.37. The van der Waals surface area contributed by atoms with Crippen molar-refractivity contribution in [1.82, 2.24) is 0 Å². The quantitative estimate of drug-likeness (QED) is 0.780. The standard InChI is InChI=1S/C16H15F4N/c1-10-4-3-5-15(11(10)2)21-9-12-6-13(16(18,19)20)8-14(17)7-12/h3-8,21H,9H2,1-2H3. The fourth-order valence-corrected chi connectivity index (χ4v) is 2.06. The molecule has 2 aromatic carbocycles. The summed E-state index contributed by atoms with van der Waals surface area (Å²) in [5.41, 5.74) is 2.21. The van der Waals surface area contributed by atoms with Crippen molar-refractivity contribution in [3.63, 3.8) is 0 Å². The van der Waals surface area contributed by atoms with Crippen LogP contribution >= 0.6 is 0 Å². The second-order valence-corrected chi connectivity index (χ2v) is 4.95. The molecule has 0 unspecified atom stereocenters. The third-order valence-corrected chi connectivity index (χ3v) is 3.37. The molecule has 0 bridgehead atoms. The molecule has 1 N–H and O–H groups in total. The van der Waals surface area contributed by atoms with Gasteiger partial charge in [0.15, 0.2) is 0 Å². The van der Waals surface area contributed by atoms with Crippen molar-refractivity contribution in [2.45, 2.75) is 26.6 Å². The second kappa shape index (κ2) is 5.76. The highest BCUT2D eigenvalue weighted by Gasteiger charge is 2.31. The van der Waals surface area contributed by atoms with E-state index in [-0.39, 0.29) is 12.1 Å². The van der Waals surface area contributed by atoms with Gasteiger partial charge >= 0.3 is 6.18 Å². The summed E-state index contributed by atoms with van der Waals surface area (Å²) in [5, 5.41) is 3.04. The molecule has 0 heterocycles. The highest BCUT2D eigenvalue weighted by molar-refractivity contribution is 5.54. The second-order valence-electron chi connectivity index (χ2n) is 4.95. The average molecular weight is 297 g/mol. The molecular formula is C16H15F4N. The molecule has 0 aliphatic carbocycles. The van der Waals surface area contributed by atoms with Crippen molar-refractivity contribution in [2.75, 3.05) is 5.32 Å². The summed E-state index contributed by atoms with van der Waals surface area (Å²) in [6, 6.07) is 8.21. The zero-order valence-corrected chi connectivity index (χ0v) is 11.7. The Balaban J connectivity index is 2.21. The highest BCUT2D eigenvalue weighted by Crippen LogP contribution is 2.30. The predicted octanol–water partition coefficient (Wildman–Crippen LogP) is 5.07. The molecule has 0 fully saturated rings. The topological polar surface area (TPSA) is 12.0 Å². The minimum Gasteiger partial charge on any atom is -0.381 e.